The Hall–Kier alpha value is -2.28. The van der Waals surface area contributed by atoms with Crippen molar-refractivity contribution in [1.29, 1.82) is 0 Å². The summed E-state index contributed by atoms with van der Waals surface area (Å²) >= 11 is 0. The second kappa shape index (κ2) is 6.76. The first-order chi connectivity index (χ1) is 9.76. The van der Waals surface area contributed by atoms with E-state index in [1.807, 2.05) is 13.0 Å². The summed E-state index contributed by atoms with van der Waals surface area (Å²) in [5, 5.41) is 14.0. The van der Waals surface area contributed by atoms with E-state index in [1.54, 1.807) is 26.4 Å². The minimum absolute atomic E-state index is 0.338. The standard InChI is InChI=1S/C13H18N4O3/c1-4-14-8-12-16-17-13(20-12)15-9-5-6-10(18-2)11(7-9)19-3/h5-7,14H,4,8H2,1-3H3,(H,15,17). The molecular formula is C13H18N4O3. The summed E-state index contributed by atoms with van der Waals surface area (Å²) in [7, 11) is 3.18. The molecule has 108 valence electrons. The predicted octanol–water partition coefficient (Wildman–Crippen LogP) is 1.94. The Morgan fingerprint density at radius 2 is 1.95 bits per heavy atom. The molecule has 1 aromatic carbocycles. The third-order valence-corrected chi connectivity index (χ3v) is 2.63. The third kappa shape index (κ3) is 3.39. The van der Waals surface area contributed by atoms with Crippen LogP contribution in [0.4, 0.5) is 11.7 Å². The fraction of sp³-hybridized carbons (Fsp3) is 0.385. The molecule has 2 N–H and O–H groups in total. The van der Waals surface area contributed by atoms with Crippen LogP contribution in [0.25, 0.3) is 0 Å². The molecular weight excluding hydrogens is 260 g/mol. The van der Waals surface area contributed by atoms with Gasteiger partial charge in [0.2, 0.25) is 5.89 Å². The number of nitrogens with one attached hydrogen (secondary N) is 2. The van der Waals surface area contributed by atoms with E-state index in [-0.39, 0.29) is 0 Å². The van der Waals surface area contributed by atoms with Crippen molar-refractivity contribution in [3.63, 3.8) is 0 Å². The summed E-state index contributed by atoms with van der Waals surface area (Å²) in [4.78, 5) is 0. The number of aromatic nitrogens is 2. The quantitative estimate of drug-likeness (QED) is 0.801. The Morgan fingerprint density at radius 1 is 1.15 bits per heavy atom. The number of rotatable bonds is 7. The second-order valence-corrected chi connectivity index (χ2v) is 3.98. The fourth-order valence-electron chi connectivity index (χ4n) is 1.64. The lowest BCUT2D eigenvalue weighted by Gasteiger charge is -2.09. The average molecular weight is 278 g/mol. The Morgan fingerprint density at radius 3 is 2.65 bits per heavy atom. The summed E-state index contributed by atoms with van der Waals surface area (Å²) in [6.07, 6.45) is 0. The molecule has 0 atom stereocenters. The number of nitrogens with zero attached hydrogens (tertiary/aromatic N) is 2. The summed E-state index contributed by atoms with van der Waals surface area (Å²) in [6, 6.07) is 5.78. The first-order valence-electron chi connectivity index (χ1n) is 6.29. The van der Waals surface area contributed by atoms with Gasteiger partial charge in [-0.2, -0.15) is 0 Å². The minimum Gasteiger partial charge on any atom is -0.493 e. The molecule has 7 heteroatoms. The predicted molar refractivity (Wildman–Crippen MR) is 74.5 cm³/mol. The van der Waals surface area contributed by atoms with Crippen LogP contribution in [0.1, 0.15) is 12.8 Å². The highest BCUT2D eigenvalue weighted by atomic mass is 16.5. The lowest BCUT2D eigenvalue weighted by Crippen LogP contribution is -2.11. The van der Waals surface area contributed by atoms with E-state index in [4.69, 9.17) is 13.9 Å². The Bertz CT molecular complexity index is 556. The van der Waals surface area contributed by atoms with Crippen LogP contribution in [0.15, 0.2) is 22.6 Å². The molecule has 20 heavy (non-hydrogen) atoms. The Labute approximate surface area is 117 Å². The van der Waals surface area contributed by atoms with Crippen molar-refractivity contribution < 1.29 is 13.9 Å². The summed E-state index contributed by atoms with van der Waals surface area (Å²) in [5.74, 6) is 1.83. The molecule has 1 heterocycles. The topological polar surface area (TPSA) is 81.4 Å². The number of methoxy groups -OCH3 is 2. The van der Waals surface area contributed by atoms with Gasteiger partial charge in [-0.1, -0.05) is 12.0 Å². The van der Waals surface area contributed by atoms with Gasteiger partial charge in [-0.15, -0.1) is 5.10 Å². The average Bonchev–Trinajstić information content (AvgIpc) is 2.92. The van der Waals surface area contributed by atoms with Crippen molar-refractivity contribution >= 4 is 11.7 Å². The smallest absolute Gasteiger partial charge is 0.320 e. The van der Waals surface area contributed by atoms with Crippen LogP contribution >= 0.6 is 0 Å². The van der Waals surface area contributed by atoms with Crippen LogP contribution in [0, 0.1) is 0 Å². The first kappa shape index (κ1) is 14.1. The molecule has 0 bridgehead atoms. The van der Waals surface area contributed by atoms with Crippen molar-refractivity contribution in [1.82, 2.24) is 15.5 Å². The largest absolute Gasteiger partial charge is 0.493 e. The van der Waals surface area contributed by atoms with Gasteiger partial charge in [0.05, 0.1) is 20.8 Å². The molecule has 0 saturated carbocycles. The van der Waals surface area contributed by atoms with Gasteiger partial charge in [-0.05, 0) is 18.7 Å². The van der Waals surface area contributed by atoms with Crippen LogP contribution in [-0.2, 0) is 6.54 Å². The SMILES string of the molecule is CCNCc1nnc(Nc2ccc(OC)c(OC)c2)o1. The zero-order chi connectivity index (χ0) is 14.4. The molecule has 1 aromatic heterocycles. The fourth-order valence-corrected chi connectivity index (χ4v) is 1.64. The van der Waals surface area contributed by atoms with E-state index >= 15 is 0 Å². The molecule has 2 rings (SSSR count). The van der Waals surface area contributed by atoms with Crippen LogP contribution in [0.3, 0.4) is 0 Å². The molecule has 0 aliphatic carbocycles. The highest BCUT2D eigenvalue weighted by Gasteiger charge is 2.08. The number of hydrogen-bond donors (Lipinski definition) is 2. The van der Waals surface area contributed by atoms with Gasteiger partial charge in [-0.3, -0.25) is 0 Å². The van der Waals surface area contributed by atoms with Crippen LogP contribution in [0.2, 0.25) is 0 Å². The van der Waals surface area contributed by atoms with E-state index in [1.165, 1.54) is 0 Å². The molecule has 0 aliphatic heterocycles. The molecule has 2 aromatic rings. The number of ether oxygens (including phenoxy) is 2. The van der Waals surface area contributed by atoms with Crippen molar-refractivity contribution in [2.75, 3.05) is 26.1 Å². The lowest BCUT2D eigenvalue weighted by molar-refractivity contribution is 0.355. The minimum atomic E-state index is 0.338. The Balaban J connectivity index is 2.07. The zero-order valence-corrected chi connectivity index (χ0v) is 11.8. The first-order valence-corrected chi connectivity index (χ1v) is 6.29. The number of anilines is 2. The summed E-state index contributed by atoms with van der Waals surface area (Å²) < 4.78 is 15.9. The van der Waals surface area contributed by atoms with E-state index in [9.17, 15) is 0 Å². The van der Waals surface area contributed by atoms with Gasteiger partial charge in [0.25, 0.3) is 0 Å². The number of hydrogen-bond acceptors (Lipinski definition) is 7. The molecule has 0 fully saturated rings. The molecule has 0 radical (unpaired) electrons. The van der Waals surface area contributed by atoms with E-state index in [0.29, 0.717) is 29.9 Å². The molecule has 0 unspecified atom stereocenters. The maximum Gasteiger partial charge on any atom is 0.320 e. The summed E-state index contributed by atoms with van der Waals surface area (Å²) in [5.41, 5.74) is 0.779. The second-order valence-electron chi connectivity index (χ2n) is 3.98. The van der Waals surface area contributed by atoms with E-state index in [2.05, 4.69) is 20.8 Å². The van der Waals surface area contributed by atoms with Crippen LogP contribution in [0.5, 0.6) is 11.5 Å². The molecule has 0 aliphatic rings. The van der Waals surface area contributed by atoms with Crippen molar-refractivity contribution in [3.05, 3.63) is 24.1 Å². The van der Waals surface area contributed by atoms with Gasteiger partial charge in [0.1, 0.15) is 0 Å². The van der Waals surface area contributed by atoms with Gasteiger partial charge in [-0.25, -0.2) is 0 Å². The molecule has 0 saturated heterocycles. The van der Waals surface area contributed by atoms with Gasteiger partial charge in [0.15, 0.2) is 11.5 Å². The molecule has 0 spiro atoms. The maximum atomic E-state index is 5.45. The van der Waals surface area contributed by atoms with Gasteiger partial charge in [0, 0.05) is 11.8 Å². The lowest BCUT2D eigenvalue weighted by atomic mass is 10.3. The summed E-state index contributed by atoms with van der Waals surface area (Å²) in [6.45, 7) is 3.41. The highest BCUT2D eigenvalue weighted by molar-refractivity contribution is 5.58. The van der Waals surface area contributed by atoms with Crippen molar-refractivity contribution in [2.24, 2.45) is 0 Å². The van der Waals surface area contributed by atoms with Crippen LogP contribution < -0.4 is 20.1 Å². The highest BCUT2D eigenvalue weighted by Crippen LogP contribution is 2.30. The molecule has 7 nitrogen and oxygen atoms in total. The monoisotopic (exact) mass is 278 g/mol. The van der Waals surface area contributed by atoms with Gasteiger partial charge < -0.3 is 24.5 Å². The number of benzene rings is 1. The zero-order valence-electron chi connectivity index (χ0n) is 11.8. The van der Waals surface area contributed by atoms with Crippen molar-refractivity contribution in [2.45, 2.75) is 13.5 Å². The third-order valence-electron chi connectivity index (χ3n) is 2.63. The van der Waals surface area contributed by atoms with Crippen molar-refractivity contribution in [3.8, 4) is 11.5 Å². The Kier molecular flexibility index (Phi) is 4.78. The van der Waals surface area contributed by atoms with Crippen LogP contribution in [-0.4, -0.2) is 31.0 Å². The maximum absolute atomic E-state index is 5.45. The van der Waals surface area contributed by atoms with E-state index < -0.39 is 0 Å². The van der Waals surface area contributed by atoms with E-state index in [0.717, 1.165) is 12.2 Å². The normalized spacial score (nSPS) is 10.3. The van der Waals surface area contributed by atoms with Gasteiger partial charge >= 0.3 is 6.01 Å². The molecule has 0 amide bonds.